The zero-order valence-electron chi connectivity index (χ0n) is 8.98. The number of hydrogen-bond donors (Lipinski definition) is 0. The Morgan fingerprint density at radius 3 is 2.28 bits per heavy atom. The van der Waals surface area contributed by atoms with E-state index in [9.17, 15) is 4.39 Å². The molecule has 0 radical (unpaired) electrons. The van der Waals surface area contributed by atoms with E-state index in [4.69, 9.17) is 46.4 Å². The number of rotatable bonds is 2. The molecule has 0 aliphatic rings. The molecule has 2 aromatic rings. The quantitative estimate of drug-likeness (QED) is 0.456. The van der Waals surface area contributed by atoms with Gasteiger partial charge in [-0.15, -0.1) is 11.6 Å². The maximum Gasteiger partial charge on any atom is 0.124 e. The molecule has 0 N–H and O–H groups in total. The number of alkyl halides is 1. The third kappa shape index (κ3) is 2.75. The van der Waals surface area contributed by atoms with Gasteiger partial charge in [0.15, 0.2) is 0 Å². The van der Waals surface area contributed by atoms with Gasteiger partial charge in [0, 0.05) is 16.5 Å². The van der Waals surface area contributed by atoms with Crippen molar-refractivity contribution in [3.05, 3.63) is 56.8 Å². The lowest BCUT2D eigenvalue weighted by Gasteiger charge is -2.10. The average molecular weight is 324 g/mol. The number of hydrogen-bond acceptors (Lipinski definition) is 0. The third-order valence-electron chi connectivity index (χ3n) is 2.44. The lowest BCUT2D eigenvalue weighted by molar-refractivity contribution is 0.627. The Morgan fingerprint density at radius 1 is 0.944 bits per heavy atom. The summed E-state index contributed by atoms with van der Waals surface area (Å²) in [5, 5.41) is 1.08. The van der Waals surface area contributed by atoms with Crippen LogP contribution in [0, 0.1) is 5.82 Å². The van der Waals surface area contributed by atoms with Crippen molar-refractivity contribution in [2.24, 2.45) is 0 Å². The van der Waals surface area contributed by atoms with E-state index in [-0.39, 0.29) is 5.88 Å². The average Bonchev–Trinajstić information content (AvgIpc) is 2.34. The van der Waals surface area contributed by atoms with Crippen LogP contribution in [0.1, 0.15) is 5.56 Å². The summed E-state index contributed by atoms with van der Waals surface area (Å²) in [7, 11) is 0. The Morgan fingerprint density at radius 2 is 1.61 bits per heavy atom. The van der Waals surface area contributed by atoms with Crippen molar-refractivity contribution in [1.29, 1.82) is 0 Å². The van der Waals surface area contributed by atoms with Crippen molar-refractivity contribution in [2.45, 2.75) is 5.88 Å². The second-order valence-corrected chi connectivity index (χ2v) is 5.16. The fraction of sp³-hybridized carbons (Fsp3) is 0.0769. The zero-order chi connectivity index (χ0) is 13.3. The normalized spacial score (nSPS) is 10.7. The molecule has 2 rings (SSSR count). The van der Waals surface area contributed by atoms with Gasteiger partial charge in [-0.2, -0.15) is 0 Å². The molecule has 0 aliphatic carbocycles. The fourth-order valence-electron chi connectivity index (χ4n) is 1.66. The highest BCUT2D eigenvalue weighted by atomic mass is 35.5. The van der Waals surface area contributed by atoms with E-state index >= 15 is 0 Å². The summed E-state index contributed by atoms with van der Waals surface area (Å²) in [4.78, 5) is 0. The van der Waals surface area contributed by atoms with Crippen LogP contribution in [0.2, 0.25) is 15.1 Å². The Kier molecular flexibility index (Phi) is 4.39. The first kappa shape index (κ1) is 14.0. The Hall–Kier alpha value is -0.470. The molecule has 0 heterocycles. The van der Waals surface area contributed by atoms with Crippen molar-refractivity contribution in [2.75, 3.05) is 0 Å². The fourth-order valence-corrected chi connectivity index (χ4v) is 2.56. The number of benzene rings is 2. The van der Waals surface area contributed by atoms with E-state index in [0.29, 0.717) is 31.8 Å². The first-order valence-electron chi connectivity index (χ1n) is 5.02. The molecule has 0 saturated heterocycles. The van der Waals surface area contributed by atoms with Crippen LogP contribution in [0.3, 0.4) is 0 Å². The SMILES string of the molecule is Fc1cc(CCl)cc(-c2c(Cl)ccc(Cl)c2Cl)c1. The summed E-state index contributed by atoms with van der Waals surface area (Å²) >= 11 is 23.8. The molecule has 0 saturated carbocycles. The van der Waals surface area contributed by atoms with Crippen LogP contribution in [-0.4, -0.2) is 0 Å². The molecule has 0 amide bonds. The molecule has 94 valence electrons. The lowest BCUT2D eigenvalue weighted by atomic mass is 10.0. The molecule has 5 heteroatoms. The Bertz CT molecular complexity index is 596. The largest absolute Gasteiger partial charge is 0.207 e. The van der Waals surface area contributed by atoms with E-state index in [1.54, 1.807) is 18.2 Å². The van der Waals surface area contributed by atoms with Crippen LogP contribution in [0.5, 0.6) is 0 Å². The van der Waals surface area contributed by atoms with Gasteiger partial charge in [0.1, 0.15) is 5.82 Å². The Balaban J connectivity index is 2.69. The van der Waals surface area contributed by atoms with Crippen molar-refractivity contribution in [3.8, 4) is 11.1 Å². The Labute approximate surface area is 124 Å². The van der Waals surface area contributed by atoms with E-state index in [2.05, 4.69) is 0 Å². The van der Waals surface area contributed by atoms with Crippen LogP contribution >= 0.6 is 46.4 Å². The topological polar surface area (TPSA) is 0 Å². The summed E-state index contributed by atoms with van der Waals surface area (Å²) in [6, 6.07) is 7.66. The summed E-state index contributed by atoms with van der Waals surface area (Å²) in [6.45, 7) is 0. The zero-order valence-corrected chi connectivity index (χ0v) is 12.0. The molecule has 0 atom stereocenters. The van der Waals surface area contributed by atoms with E-state index in [1.165, 1.54) is 12.1 Å². The molecule has 0 nitrogen and oxygen atoms in total. The van der Waals surface area contributed by atoms with Crippen molar-refractivity contribution in [1.82, 2.24) is 0 Å². The molecule has 0 unspecified atom stereocenters. The first-order chi connectivity index (χ1) is 8.52. The van der Waals surface area contributed by atoms with Crippen molar-refractivity contribution >= 4 is 46.4 Å². The van der Waals surface area contributed by atoms with Crippen molar-refractivity contribution in [3.63, 3.8) is 0 Å². The monoisotopic (exact) mass is 322 g/mol. The predicted molar refractivity (Wildman–Crippen MR) is 76.4 cm³/mol. The van der Waals surface area contributed by atoms with Crippen LogP contribution in [0.4, 0.5) is 4.39 Å². The summed E-state index contributed by atoms with van der Waals surface area (Å²) < 4.78 is 13.5. The molecule has 2 aromatic carbocycles. The third-order valence-corrected chi connectivity index (χ3v) is 3.87. The number of halogens is 5. The minimum absolute atomic E-state index is 0.209. The van der Waals surface area contributed by atoms with Gasteiger partial charge < -0.3 is 0 Å². The highest BCUT2D eigenvalue weighted by molar-refractivity contribution is 6.46. The standard InChI is InChI=1S/C13H7Cl4F/c14-6-7-3-8(5-9(18)4-7)12-10(15)1-2-11(16)13(12)17/h1-5H,6H2. The molecule has 0 aliphatic heterocycles. The minimum atomic E-state index is -0.393. The van der Waals surface area contributed by atoms with Crippen LogP contribution in [0.15, 0.2) is 30.3 Å². The molecular weight excluding hydrogens is 317 g/mol. The van der Waals surface area contributed by atoms with Gasteiger partial charge in [-0.05, 0) is 41.5 Å². The highest BCUT2D eigenvalue weighted by Gasteiger charge is 2.13. The van der Waals surface area contributed by atoms with E-state index in [1.807, 2.05) is 0 Å². The van der Waals surface area contributed by atoms with Gasteiger partial charge in [0.2, 0.25) is 0 Å². The molecule has 0 fully saturated rings. The van der Waals surface area contributed by atoms with Gasteiger partial charge in [-0.3, -0.25) is 0 Å². The molecule has 0 aromatic heterocycles. The summed E-state index contributed by atoms with van der Waals surface area (Å²) in [5.41, 5.74) is 1.72. The van der Waals surface area contributed by atoms with Gasteiger partial charge in [-0.1, -0.05) is 34.8 Å². The predicted octanol–water partition coefficient (Wildman–Crippen LogP) is 6.19. The molecule has 0 spiro atoms. The summed E-state index contributed by atoms with van der Waals surface area (Å²) in [6.07, 6.45) is 0. The minimum Gasteiger partial charge on any atom is -0.207 e. The highest BCUT2D eigenvalue weighted by Crippen LogP contribution is 2.39. The van der Waals surface area contributed by atoms with Gasteiger partial charge in [-0.25, -0.2) is 4.39 Å². The smallest absolute Gasteiger partial charge is 0.124 e. The first-order valence-corrected chi connectivity index (χ1v) is 6.69. The van der Waals surface area contributed by atoms with Crippen LogP contribution in [-0.2, 0) is 5.88 Å². The maximum atomic E-state index is 13.5. The second-order valence-electron chi connectivity index (χ2n) is 3.70. The molecular formula is C13H7Cl4F. The van der Waals surface area contributed by atoms with E-state index in [0.717, 1.165) is 0 Å². The summed E-state index contributed by atoms with van der Waals surface area (Å²) in [5.74, 6) is -0.184. The second kappa shape index (κ2) is 5.66. The van der Waals surface area contributed by atoms with Gasteiger partial charge in [0.05, 0.1) is 10.0 Å². The van der Waals surface area contributed by atoms with Crippen molar-refractivity contribution < 1.29 is 4.39 Å². The lowest BCUT2D eigenvalue weighted by Crippen LogP contribution is -1.88. The van der Waals surface area contributed by atoms with Gasteiger partial charge in [0.25, 0.3) is 0 Å². The molecule has 0 bridgehead atoms. The maximum absolute atomic E-state index is 13.5. The van der Waals surface area contributed by atoms with Gasteiger partial charge >= 0.3 is 0 Å². The van der Waals surface area contributed by atoms with Crippen LogP contribution < -0.4 is 0 Å². The van der Waals surface area contributed by atoms with E-state index < -0.39 is 5.82 Å². The van der Waals surface area contributed by atoms with Crippen LogP contribution in [0.25, 0.3) is 11.1 Å². The molecule has 18 heavy (non-hydrogen) atoms.